The Balaban J connectivity index is 0.000000572. The first-order valence-corrected chi connectivity index (χ1v) is 12.2. The number of aryl methyl sites for hydroxylation is 1. The molecular weight excluding hydrogens is 504 g/mol. The maximum atomic E-state index is 13.5. The Morgan fingerprint density at radius 3 is 2.42 bits per heavy atom. The van der Waals surface area contributed by atoms with E-state index in [1.54, 1.807) is 26.4 Å². The Kier molecular flexibility index (Phi) is 9.96. The van der Waals surface area contributed by atoms with Crippen molar-refractivity contribution in [3.05, 3.63) is 53.3 Å². The molecule has 0 bridgehead atoms. The van der Waals surface area contributed by atoms with Crippen LogP contribution < -0.4 is 15.4 Å². The minimum absolute atomic E-state index is 0.0378. The number of benzene rings is 2. The van der Waals surface area contributed by atoms with Crippen LogP contribution >= 0.6 is 0 Å². The zero-order valence-corrected chi connectivity index (χ0v) is 20.8. The lowest BCUT2D eigenvalue weighted by Gasteiger charge is -2.16. The number of nitrogens with zero attached hydrogens (tertiary/aromatic N) is 2. The SMILES string of the molecule is COc1ccc2nc(NC(C)CS(C)=O)nc(NCc3ccc(F)c(C)c3)c2c1.O=C(O)C(F)(F)F. The molecule has 1 aromatic heterocycles. The van der Waals surface area contributed by atoms with Crippen LogP contribution in [0.2, 0.25) is 0 Å². The number of alkyl halides is 3. The van der Waals surface area contributed by atoms with Gasteiger partial charge in [-0.15, -0.1) is 0 Å². The average molecular weight is 531 g/mol. The molecule has 3 rings (SSSR count). The number of ether oxygens (including phenoxy) is 1. The molecule has 0 fully saturated rings. The highest BCUT2D eigenvalue weighted by molar-refractivity contribution is 7.84. The largest absolute Gasteiger partial charge is 0.497 e. The maximum Gasteiger partial charge on any atom is 0.490 e. The van der Waals surface area contributed by atoms with Crippen molar-refractivity contribution in [3.63, 3.8) is 0 Å². The number of hydrogen-bond acceptors (Lipinski definition) is 7. The molecule has 0 amide bonds. The first-order valence-electron chi connectivity index (χ1n) is 10.5. The van der Waals surface area contributed by atoms with Gasteiger partial charge in [-0.2, -0.15) is 18.2 Å². The van der Waals surface area contributed by atoms with Gasteiger partial charge in [0.15, 0.2) is 0 Å². The van der Waals surface area contributed by atoms with Gasteiger partial charge in [0.25, 0.3) is 0 Å². The summed E-state index contributed by atoms with van der Waals surface area (Å²) in [5.74, 6) is -0.673. The molecular formula is C23H26F4N4O4S. The molecule has 2 atom stereocenters. The van der Waals surface area contributed by atoms with E-state index in [1.165, 1.54) is 6.07 Å². The van der Waals surface area contributed by atoms with E-state index >= 15 is 0 Å². The summed E-state index contributed by atoms with van der Waals surface area (Å²) >= 11 is 0. The third-order valence-corrected chi connectivity index (χ3v) is 5.66. The molecule has 36 heavy (non-hydrogen) atoms. The van der Waals surface area contributed by atoms with E-state index in [0.717, 1.165) is 16.5 Å². The summed E-state index contributed by atoms with van der Waals surface area (Å²) in [5, 5.41) is 14.5. The predicted molar refractivity (Wildman–Crippen MR) is 130 cm³/mol. The van der Waals surface area contributed by atoms with Crippen LogP contribution in [-0.4, -0.2) is 56.6 Å². The maximum absolute atomic E-state index is 13.5. The Bertz CT molecular complexity index is 1240. The van der Waals surface area contributed by atoms with Gasteiger partial charge in [-0.3, -0.25) is 4.21 Å². The second kappa shape index (κ2) is 12.5. The Hall–Kier alpha value is -3.48. The van der Waals surface area contributed by atoms with Gasteiger partial charge in [-0.05, 0) is 49.2 Å². The summed E-state index contributed by atoms with van der Waals surface area (Å²) in [6.07, 6.45) is -3.41. The van der Waals surface area contributed by atoms with Crippen LogP contribution in [0, 0.1) is 12.7 Å². The fourth-order valence-electron chi connectivity index (χ4n) is 3.05. The number of carboxylic acid groups (broad SMARTS) is 1. The number of carbonyl (C=O) groups is 1. The highest BCUT2D eigenvalue weighted by atomic mass is 32.2. The van der Waals surface area contributed by atoms with Crippen LogP contribution in [0.15, 0.2) is 36.4 Å². The summed E-state index contributed by atoms with van der Waals surface area (Å²) in [6.45, 7) is 4.17. The highest BCUT2D eigenvalue weighted by Gasteiger charge is 2.38. The third-order valence-electron chi connectivity index (χ3n) is 4.69. The molecule has 0 spiro atoms. The Morgan fingerprint density at radius 1 is 1.19 bits per heavy atom. The lowest BCUT2D eigenvalue weighted by molar-refractivity contribution is -0.192. The molecule has 0 saturated carbocycles. The van der Waals surface area contributed by atoms with Crippen LogP contribution in [0.25, 0.3) is 10.9 Å². The molecule has 1 heterocycles. The first kappa shape index (κ1) is 28.8. The molecule has 3 aromatic rings. The van der Waals surface area contributed by atoms with Gasteiger partial charge in [0.1, 0.15) is 17.4 Å². The molecule has 0 aliphatic heterocycles. The number of hydrogen-bond donors (Lipinski definition) is 3. The van der Waals surface area contributed by atoms with E-state index in [1.807, 2.05) is 31.2 Å². The number of aliphatic carboxylic acids is 1. The topological polar surface area (TPSA) is 113 Å². The van der Waals surface area contributed by atoms with Crippen molar-refractivity contribution in [1.29, 1.82) is 0 Å². The van der Waals surface area contributed by atoms with Gasteiger partial charge in [-0.25, -0.2) is 14.2 Å². The molecule has 0 radical (unpaired) electrons. The van der Waals surface area contributed by atoms with Gasteiger partial charge in [0.2, 0.25) is 5.95 Å². The summed E-state index contributed by atoms with van der Waals surface area (Å²) in [6, 6.07) is 10.6. The second-order valence-corrected chi connectivity index (χ2v) is 9.28. The van der Waals surface area contributed by atoms with Crippen LogP contribution in [0.5, 0.6) is 5.75 Å². The number of rotatable bonds is 8. The molecule has 0 aliphatic rings. The lowest BCUT2D eigenvalue weighted by atomic mass is 10.1. The van der Waals surface area contributed by atoms with Gasteiger partial charge in [0, 0.05) is 40.8 Å². The molecule has 0 saturated heterocycles. The molecule has 196 valence electrons. The zero-order chi connectivity index (χ0) is 27.0. The lowest BCUT2D eigenvalue weighted by Crippen LogP contribution is -2.23. The van der Waals surface area contributed by atoms with E-state index in [4.69, 9.17) is 14.6 Å². The third kappa shape index (κ3) is 8.63. The average Bonchev–Trinajstić information content (AvgIpc) is 2.78. The van der Waals surface area contributed by atoms with Crippen molar-refractivity contribution in [2.75, 3.05) is 29.8 Å². The van der Waals surface area contributed by atoms with Gasteiger partial charge < -0.3 is 20.5 Å². The van der Waals surface area contributed by atoms with Gasteiger partial charge in [-0.1, -0.05) is 12.1 Å². The van der Waals surface area contributed by atoms with Crippen LogP contribution in [0.3, 0.4) is 0 Å². The van der Waals surface area contributed by atoms with Gasteiger partial charge in [0.05, 0.1) is 12.6 Å². The smallest absolute Gasteiger partial charge is 0.490 e. The van der Waals surface area contributed by atoms with E-state index < -0.39 is 22.9 Å². The molecule has 0 aliphatic carbocycles. The number of fused-ring (bicyclic) bond motifs is 1. The predicted octanol–water partition coefficient (Wildman–Crippen LogP) is 4.51. The van der Waals surface area contributed by atoms with Gasteiger partial charge >= 0.3 is 12.1 Å². The van der Waals surface area contributed by atoms with E-state index in [9.17, 15) is 21.8 Å². The Labute approximate surface area is 207 Å². The minimum Gasteiger partial charge on any atom is -0.497 e. The van der Waals surface area contributed by atoms with E-state index in [2.05, 4.69) is 20.6 Å². The first-order chi connectivity index (χ1) is 16.8. The summed E-state index contributed by atoms with van der Waals surface area (Å²) in [5.41, 5.74) is 2.30. The van der Waals surface area contributed by atoms with Crippen LogP contribution in [0.4, 0.5) is 29.3 Å². The fourth-order valence-corrected chi connectivity index (χ4v) is 3.84. The molecule has 2 aromatic carbocycles. The fraction of sp³-hybridized carbons (Fsp3) is 0.348. The van der Waals surface area contributed by atoms with Crippen molar-refractivity contribution in [2.24, 2.45) is 0 Å². The van der Waals surface area contributed by atoms with Crippen molar-refractivity contribution in [2.45, 2.75) is 32.6 Å². The number of nitrogens with one attached hydrogen (secondary N) is 2. The van der Waals surface area contributed by atoms with Crippen molar-refractivity contribution >= 4 is 39.4 Å². The van der Waals surface area contributed by atoms with Crippen molar-refractivity contribution < 1.29 is 36.4 Å². The van der Waals surface area contributed by atoms with E-state index in [-0.39, 0.29) is 11.9 Å². The normalized spacial score (nSPS) is 12.8. The van der Waals surface area contributed by atoms with Crippen molar-refractivity contribution in [1.82, 2.24) is 9.97 Å². The summed E-state index contributed by atoms with van der Waals surface area (Å²) in [4.78, 5) is 18.1. The quantitative estimate of drug-likeness (QED) is 0.365. The zero-order valence-electron chi connectivity index (χ0n) is 19.9. The molecule has 3 N–H and O–H groups in total. The number of aromatic nitrogens is 2. The summed E-state index contributed by atoms with van der Waals surface area (Å²) < 4.78 is 62.1. The molecule has 13 heteroatoms. The summed E-state index contributed by atoms with van der Waals surface area (Å²) in [7, 11) is 0.690. The number of halogens is 4. The monoisotopic (exact) mass is 530 g/mol. The number of carboxylic acids is 1. The Morgan fingerprint density at radius 2 is 1.86 bits per heavy atom. The minimum atomic E-state index is -5.08. The second-order valence-electron chi connectivity index (χ2n) is 7.80. The highest BCUT2D eigenvalue weighted by Crippen LogP contribution is 2.27. The van der Waals surface area contributed by atoms with Crippen LogP contribution in [-0.2, 0) is 22.1 Å². The molecule has 8 nitrogen and oxygen atoms in total. The van der Waals surface area contributed by atoms with E-state index in [0.29, 0.717) is 35.4 Å². The number of methoxy groups -OCH3 is 1. The van der Waals surface area contributed by atoms with Crippen molar-refractivity contribution in [3.8, 4) is 5.75 Å². The van der Waals surface area contributed by atoms with Crippen LogP contribution in [0.1, 0.15) is 18.1 Å². The standard InChI is InChI=1S/C21H25FN4O2S.C2HF3O2/c1-13-9-15(5-7-18(13)22)11-23-20-17-10-16(28-3)6-8-19(17)25-21(26-20)24-14(2)12-29(4)27;3-2(4,5)1(6)7/h5-10,14H,11-12H2,1-4H3,(H2,23,24,25,26);(H,6,7). The molecule has 2 unspecified atom stereocenters. The number of anilines is 2.